The van der Waals surface area contributed by atoms with Crippen LogP contribution in [0.2, 0.25) is 12.6 Å². The molecular formula is C3H8O2Si3Y6. The molecule has 62 valence electrons. The van der Waals surface area contributed by atoms with Crippen LogP contribution >= 0.6 is 0 Å². The zero-order valence-electron chi connectivity index (χ0n) is 8.49. The van der Waals surface area contributed by atoms with Crippen molar-refractivity contribution in [3.63, 3.8) is 0 Å². The van der Waals surface area contributed by atoms with E-state index < -0.39 is 0 Å². The van der Waals surface area contributed by atoms with Gasteiger partial charge in [-0.3, -0.25) is 0 Å². The van der Waals surface area contributed by atoms with E-state index in [1.54, 1.807) is 0 Å². The van der Waals surface area contributed by atoms with Gasteiger partial charge in [-0.15, -0.1) is 0 Å². The molecule has 11 heteroatoms. The van der Waals surface area contributed by atoms with Crippen LogP contribution < -0.4 is 0 Å². The second kappa shape index (κ2) is 42.7. The van der Waals surface area contributed by atoms with E-state index in [9.17, 15) is 0 Å². The Morgan fingerprint density at radius 3 is 1.57 bits per heavy atom. The van der Waals surface area contributed by atoms with Gasteiger partial charge in [0.2, 0.25) is 19.5 Å². The van der Waals surface area contributed by atoms with Gasteiger partial charge in [-0.1, -0.05) is 6.92 Å². The van der Waals surface area contributed by atoms with E-state index >= 15 is 0 Å². The molecule has 0 aliphatic heterocycles. The maximum Gasteiger partial charge on any atom is 0.409 e. The second-order valence-corrected chi connectivity index (χ2v) is 4.19. The maximum atomic E-state index is 5.06. The summed E-state index contributed by atoms with van der Waals surface area (Å²) in [5.74, 6) is 0. The van der Waals surface area contributed by atoms with Crippen molar-refractivity contribution in [2.24, 2.45) is 0 Å². The van der Waals surface area contributed by atoms with E-state index in [0.29, 0.717) is 19.5 Å². The Labute approximate surface area is 246 Å². The van der Waals surface area contributed by atoms with Gasteiger partial charge in [0.15, 0.2) is 0 Å². The Morgan fingerprint density at radius 1 is 0.857 bits per heavy atom. The van der Waals surface area contributed by atoms with Gasteiger partial charge in [0, 0.05) is 196 Å². The van der Waals surface area contributed by atoms with Gasteiger partial charge in [-0.25, -0.2) is 0 Å². The molecule has 0 aliphatic rings. The summed E-state index contributed by atoms with van der Waals surface area (Å²) in [6.45, 7) is 4.09. The topological polar surface area (TPSA) is 18.5 Å². The Hall–Kier alpha value is 7.19. The van der Waals surface area contributed by atoms with E-state index in [1.807, 2.05) is 6.55 Å². The molecule has 0 fully saturated rings. The van der Waals surface area contributed by atoms with Gasteiger partial charge in [0.1, 0.15) is 0 Å². The Balaban J connectivity index is -0.0000000163. The summed E-state index contributed by atoms with van der Waals surface area (Å²) in [5, 5.41) is 0. The van der Waals surface area contributed by atoms with Crippen molar-refractivity contribution >= 4 is 29.5 Å². The van der Waals surface area contributed by atoms with Crippen molar-refractivity contribution in [3.8, 4) is 0 Å². The molecule has 0 atom stereocenters. The monoisotopic (exact) mass is 693 g/mol. The van der Waals surface area contributed by atoms with Gasteiger partial charge in [-0.2, -0.15) is 0 Å². The van der Waals surface area contributed by atoms with Crippen LogP contribution in [-0.2, 0) is 204 Å². The van der Waals surface area contributed by atoms with Crippen LogP contribution in [0.4, 0.5) is 0 Å². The van der Waals surface area contributed by atoms with E-state index in [0.717, 1.165) is 6.04 Å². The quantitative estimate of drug-likeness (QED) is 0.305. The molecule has 0 bridgehead atoms. The summed E-state index contributed by atoms with van der Waals surface area (Å²) in [7, 11) is 1.44. The van der Waals surface area contributed by atoms with Crippen LogP contribution in [0.15, 0.2) is 0 Å². The molecule has 0 heterocycles. The molecule has 0 unspecified atom stereocenters. The molecule has 12 radical (unpaired) electrons. The van der Waals surface area contributed by atoms with Crippen molar-refractivity contribution in [2.75, 3.05) is 0 Å². The largest absolute Gasteiger partial charge is 0.435 e. The van der Waals surface area contributed by atoms with Crippen LogP contribution in [0.1, 0.15) is 6.92 Å². The minimum atomic E-state index is 0. The van der Waals surface area contributed by atoms with Crippen LogP contribution in [0, 0.1) is 0 Å². The van der Waals surface area contributed by atoms with Crippen molar-refractivity contribution in [1.29, 1.82) is 0 Å². The summed E-state index contributed by atoms with van der Waals surface area (Å²) >= 11 is 0. The summed E-state index contributed by atoms with van der Waals surface area (Å²) in [6.07, 6.45) is 0. The molecule has 0 saturated carbocycles. The molecule has 0 spiro atoms. The van der Waals surface area contributed by atoms with Gasteiger partial charge >= 0.3 is 10.0 Å². The average molecular weight is 694 g/mol. The molecule has 0 aromatic heterocycles. The standard InChI is InChI=1S/C3H8O2Si3.6Y/c1-3-7-5-8-4-6-2;;;;;;/h3H2,1-2H3;;;;;;. The van der Waals surface area contributed by atoms with Crippen LogP contribution in [0.25, 0.3) is 0 Å². The second-order valence-electron chi connectivity index (χ2n) is 0.989. The predicted octanol–water partition coefficient (Wildman–Crippen LogP) is 0.264. The maximum absolute atomic E-state index is 5.06. The van der Waals surface area contributed by atoms with Gasteiger partial charge < -0.3 is 8.23 Å². The normalized spacial score (nSPS) is 5.57. The smallest absolute Gasteiger partial charge is 0.409 e. The van der Waals surface area contributed by atoms with Crippen molar-refractivity contribution < 1.29 is 204 Å². The summed E-state index contributed by atoms with van der Waals surface area (Å²) in [6, 6.07) is 1.10. The first kappa shape index (κ1) is 42.9. The minimum Gasteiger partial charge on any atom is -0.435 e. The van der Waals surface area contributed by atoms with Crippen molar-refractivity contribution in [1.82, 2.24) is 0 Å². The zero-order chi connectivity index (χ0) is 6.24. The molecule has 0 saturated heterocycles. The van der Waals surface area contributed by atoms with E-state index in [1.165, 1.54) is 0 Å². The number of hydrogen-bond donors (Lipinski definition) is 0. The Bertz CT molecular complexity index is 51.3. The molecule has 0 rings (SSSR count). The van der Waals surface area contributed by atoms with E-state index in [4.69, 9.17) is 8.23 Å². The molecule has 0 amide bonds. The number of hydrogen-bond acceptors (Lipinski definition) is 2. The van der Waals surface area contributed by atoms with Crippen molar-refractivity contribution in [3.05, 3.63) is 0 Å². The third-order valence-corrected chi connectivity index (χ3v) is 2.75. The third kappa shape index (κ3) is 42.7. The van der Waals surface area contributed by atoms with Gasteiger partial charge in [0.05, 0.1) is 0 Å². The zero-order valence-corrected chi connectivity index (χ0v) is 28.5. The SMILES string of the molecule is CC[Si]O[Si]O[Si]C.[Y].[Y].[Y].[Y].[Y].[Y]. The predicted molar refractivity (Wildman–Crippen MR) is 35.8 cm³/mol. The average Bonchev–Trinajstić information content (AvgIpc) is 1.81. The summed E-state index contributed by atoms with van der Waals surface area (Å²) in [4.78, 5) is 0. The first-order valence-electron chi connectivity index (χ1n) is 2.38. The number of rotatable bonds is 5. The first-order valence-corrected chi connectivity index (χ1v) is 5.72. The summed E-state index contributed by atoms with van der Waals surface area (Å²) in [5.41, 5.74) is 0. The Morgan fingerprint density at radius 2 is 1.29 bits per heavy atom. The first-order chi connectivity index (χ1) is 3.91. The Kier molecular flexibility index (Phi) is 131. The van der Waals surface area contributed by atoms with E-state index in [-0.39, 0.29) is 206 Å². The fourth-order valence-electron chi connectivity index (χ4n) is 0.164. The van der Waals surface area contributed by atoms with Crippen molar-refractivity contribution in [2.45, 2.75) is 19.5 Å². The molecule has 0 aliphatic carbocycles. The van der Waals surface area contributed by atoms with Crippen LogP contribution in [-0.4, -0.2) is 29.5 Å². The van der Waals surface area contributed by atoms with Gasteiger partial charge in [-0.05, 0) is 12.6 Å². The van der Waals surface area contributed by atoms with Crippen LogP contribution in [0.3, 0.4) is 0 Å². The molecular weight excluding hydrogens is 686 g/mol. The molecule has 0 N–H and O–H groups in total. The minimum absolute atomic E-state index is 0. The fourth-order valence-corrected chi connectivity index (χ4v) is 1.85. The molecule has 0 aromatic carbocycles. The van der Waals surface area contributed by atoms with Gasteiger partial charge in [0.25, 0.3) is 0 Å². The molecule has 14 heavy (non-hydrogen) atoms. The van der Waals surface area contributed by atoms with E-state index in [2.05, 4.69) is 6.92 Å². The fraction of sp³-hybridized carbons (Fsp3) is 1.00. The van der Waals surface area contributed by atoms with Crippen LogP contribution in [0.5, 0.6) is 0 Å². The third-order valence-electron chi connectivity index (χ3n) is 0.402. The molecule has 2 nitrogen and oxygen atoms in total. The summed E-state index contributed by atoms with van der Waals surface area (Å²) < 4.78 is 10.0. The molecule has 0 aromatic rings.